The minimum Gasteiger partial charge on any atom is -0.373 e. The number of halogens is 1. The summed E-state index contributed by atoms with van der Waals surface area (Å²) in [6.45, 7) is 0. The lowest BCUT2D eigenvalue weighted by molar-refractivity contribution is 0.0771. The summed E-state index contributed by atoms with van der Waals surface area (Å²) < 4.78 is 5.38. The van der Waals surface area contributed by atoms with Crippen LogP contribution in [-0.2, 0) is 10.6 Å². The number of hydrogen-bond donors (Lipinski definition) is 0. The van der Waals surface area contributed by atoms with Crippen molar-refractivity contribution in [2.24, 2.45) is 5.92 Å². The zero-order chi connectivity index (χ0) is 9.97. The van der Waals surface area contributed by atoms with Gasteiger partial charge in [-0.15, -0.1) is 11.6 Å². The molecule has 1 aromatic rings. The molecule has 0 spiro atoms. The third-order valence-electron chi connectivity index (χ3n) is 2.44. The fraction of sp³-hybridized carbons (Fsp3) is 0.600. The van der Waals surface area contributed by atoms with Gasteiger partial charge in [0.15, 0.2) is 5.82 Å². The number of aromatic nitrogens is 2. The third kappa shape index (κ3) is 2.04. The van der Waals surface area contributed by atoms with Crippen molar-refractivity contribution in [1.82, 2.24) is 9.97 Å². The monoisotopic (exact) mass is 212 g/mol. The molecule has 0 bridgehead atoms. The van der Waals surface area contributed by atoms with E-state index in [-0.39, 0.29) is 6.10 Å². The van der Waals surface area contributed by atoms with E-state index in [9.17, 15) is 0 Å². The Kier molecular flexibility index (Phi) is 2.99. The number of rotatable bonds is 4. The van der Waals surface area contributed by atoms with Gasteiger partial charge in [-0.2, -0.15) is 0 Å². The van der Waals surface area contributed by atoms with Crippen molar-refractivity contribution in [2.75, 3.05) is 7.11 Å². The average Bonchev–Trinajstić information content (AvgIpc) is 3.04. The molecule has 1 heterocycles. The van der Waals surface area contributed by atoms with Gasteiger partial charge in [0.2, 0.25) is 0 Å². The van der Waals surface area contributed by atoms with Gasteiger partial charge in [0.25, 0.3) is 0 Å². The first-order valence-corrected chi connectivity index (χ1v) is 5.28. The van der Waals surface area contributed by atoms with Gasteiger partial charge >= 0.3 is 0 Å². The van der Waals surface area contributed by atoms with E-state index in [2.05, 4.69) is 9.97 Å². The minimum absolute atomic E-state index is 0.0689. The van der Waals surface area contributed by atoms with Crippen LogP contribution in [0.3, 0.4) is 0 Å². The molecule has 0 radical (unpaired) electrons. The standard InChI is InChI=1S/C10H13ClN2O/c1-14-9(8-2-3-8)10-12-5-7(4-11)6-13-10/h5-6,8-9H,2-4H2,1H3. The molecule has 0 aromatic carbocycles. The summed E-state index contributed by atoms with van der Waals surface area (Å²) in [5.74, 6) is 1.85. The van der Waals surface area contributed by atoms with E-state index < -0.39 is 0 Å². The first-order chi connectivity index (χ1) is 6.85. The van der Waals surface area contributed by atoms with E-state index >= 15 is 0 Å². The second-order valence-electron chi connectivity index (χ2n) is 3.58. The van der Waals surface area contributed by atoms with Gasteiger partial charge in [-0.25, -0.2) is 9.97 Å². The van der Waals surface area contributed by atoms with Crippen LogP contribution in [0.1, 0.15) is 30.3 Å². The van der Waals surface area contributed by atoms with E-state index in [4.69, 9.17) is 16.3 Å². The van der Waals surface area contributed by atoms with Crippen LogP contribution in [0.4, 0.5) is 0 Å². The third-order valence-corrected chi connectivity index (χ3v) is 2.75. The summed E-state index contributed by atoms with van der Waals surface area (Å²) in [6, 6.07) is 0. The lowest BCUT2D eigenvalue weighted by atomic mass is 10.2. The fourth-order valence-corrected chi connectivity index (χ4v) is 1.63. The highest BCUT2D eigenvalue weighted by Crippen LogP contribution is 2.41. The van der Waals surface area contributed by atoms with E-state index in [0.29, 0.717) is 11.8 Å². The maximum Gasteiger partial charge on any atom is 0.157 e. The predicted molar refractivity (Wildman–Crippen MR) is 54.1 cm³/mol. The molecule has 0 aliphatic heterocycles. The molecular weight excluding hydrogens is 200 g/mol. The Morgan fingerprint density at radius 2 is 2.14 bits per heavy atom. The maximum atomic E-state index is 5.66. The molecule has 0 N–H and O–H groups in total. The summed E-state index contributed by atoms with van der Waals surface area (Å²) in [5, 5.41) is 0. The van der Waals surface area contributed by atoms with E-state index in [1.807, 2.05) is 0 Å². The van der Waals surface area contributed by atoms with Crippen molar-refractivity contribution < 1.29 is 4.74 Å². The first-order valence-electron chi connectivity index (χ1n) is 4.74. The van der Waals surface area contributed by atoms with Crippen molar-refractivity contribution in [3.63, 3.8) is 0 Å². The predicted octanol–water partition coefficient (Wildman–Crippen LogP) is 2.31. The molecule has 1 atom stereocenters. The van der Waals surface area contributed by atoms with Gasteiger partial charge in [-0.3, -0.25) is 0 Å². The van der Waals surface area contributed by atoms with E-state index in [1.54, 1.807) is 19.5 Å². The molecule has 1 saturated carbocycles. The lowest BCUT2D eigenvalue weighted by Crippen LogP contribution is -2.08. The van der Waals surface area contributed by atoms with Gasteiger partial charge in [0.1, 0.15) is 6.10 Å². The highest BCUT2D eigenvalue weighted by molar-refractivity contribution is 6.17. The maximum absolute atomic E-state index is 5.66. The zero-order valence-electron chi connectivity index (χ0n) is 8.11. The summed E-state index contributed by atoms with van der Waals surface area (Å²) in [4.78, 5) is 8.52. The lowest BCUT2D eigenvalue weighted by Gasteiger charge is -2.12. The van der Waals surface area contributed by atoms with Crippen LogP contribution in [-0.4, -0.2) is 17.1 Å². The van der Waals surface area contributed by atoms with Crippen LogP contribution in [0.15, 0.2) is 12.4 Å². The topological polar surface area (TPSA) is 35.0 Å². The second kappa shape index (κ2) is 4.24. The van der Waals surface area contributed by atoms with Crippen molar-refractivity contribution in [3.05, 3.63) is 23.8 Å². The van der Waals surface area contributed by atoms with Crippen molar-refractivity contribution in [3.8, 4) is 0 Å². The van der Waals surface area contributed by atoms with Crippen LogP contribution >= 0.6 is 11.6 Å². The van der Waals surface area contributed by atoms with E-state index in [0.717, 1.165) is 11.4 Å². The molecule has 1 aliphatic carbocycles. The Morgan fingerprint density at radius 3 is 2.57 bits per heavy atom. The molecule has 2 rings (SSSR count). The summed E-state index contributed by atoms with van der Waals surface area (Å²) >= 11 is 5.66. The van der Waals surface area contributed by atoms with Crippen LogP contribution in [0.5, 0.6) is 0 Å². The fourth-order valence-electron chi connectivity index (χ4n) is 1.49. The molecule has 3 nitrogen and oxygen atoms in total. The van der Waals surface area contributed by atoms with Crippen molar-refractivity contribution in [1.29, 1.82) is 0 Å². The Balaban J connectivity index is 2.13. The van der Waals surface area contributed by atoms with Gasteiger partial charge in [0.05, 0.1) is 5.88 Å². The molecule has 1 unspecified atom stereocenters. The minimum atomic E-state index is 0.0689. The van der Waals surface area contributed by atoms with Crippen LogP contribution in [0.2, 0.25) is 0 Å². The van der Waals surface area contributed by atoms with Gasteiger partial charge in [-0.05, 0) is 18.8 Å². The summed E-state index contributed by atoms with van der Waals surface area (Å²) in [7, 11) is 1.71. The highest BCUT2D eigenvalue weighted by Gasteiger charge is 2.34. The number of alkyl halides is 1. The van der Waals surface area contributed by atoms with Gasteiger partial charge < -0.3 is 4.74 Å². The zero-order valence-corrected chi connectivity index (χ0v) is 8.87. The molecule has 76 valence electrons. The second-order valence-corrected chi connectivity index (χ2v) is 3.84. The number of ether oxygens (including phenoxy) is 1. The molecule has 0 amide bonds. The number of methoxy groups -OCH3 is 1. The van der Waals surface area contributed by atoms with Gasteiger partial charge in [-0.1, -0.05) is 0 Å². The van der Waals surface area contributed by atoms with Crippen LogP contribution < -0.4 is 0 Å². The Bertz CT molecular complexity index is 297. The summed E-state index contributed by atoms with van der Waals surface area (Å²) in [6.07, 6.45) is 6.05. The smallest absolute Gasteiger partial charge is 0.157 e. The van der Waals surface area contributed by atoms with Crippen molar-refractivity contribution >= 4 is 11.6 Å². The highest BCUT2D eigenvalue weighted by atomic mass is 35.5. The normalized spacial score (nSPS) is 18.1. The average molecular weight is 213 g/mol. The molecule has 0 saturated heterocycles. The number of hydrogen-bond acceptors (Lipinski definition) is 3. The van der Waals surface area contributed by atoms with E-state index in [1.165, 1.54) is 12.8 Å². The Labute approximate surface area is 88.5 Å². The molecule has 1 aromatic heterocycles. The molecule has 14 heavy (non-hydrogen) atoms. The summed E-state index contributed by atoms with van der Waals surface area (Å²) in [5.41, 5.74) is 0.945. The largest absolute Gasteiger partial charge is 0.373 e. The molecule has 1 fully saturated rings. The molecule has 1 aliphatic rings. The SMILES string of the molecule is COC(c1ncc(CCl)cn1)C1CC1. The quantitative estimate of drug-likeness (QED) is 0.719. The number of nitrogens with zero attached hydrogens (tertiary/aromatic N) is 2. The first kappa shape index (κ1) is 9.87. The molecular formula is C10H13ClN2O. The Hall–Kier alpha value is -0.670. The Morgan fingerprint density at radius 1 is 1.50 bits per heavy atom. The van der Waals surface area contributed by atoms with Crippen LogP contribution in [0, 0.1) is 5.92 Å². The van der Waals surface area contributed by atoms with Gasteiger partial charge in [0, 0.05) is 25.1 Å². The molecule has 4 heteroatoms. The van der Waals surface area contributed by atoms with Crippen molar-refractivity contribution in [2.45, 2.75) is 24.8 Å². The van der Waals surface area contributed by atoms with Crippen LogP contribution in [0.25, 0.3) is 0 Å².